The topological polar surface area (TPSA) is 121 Å². The molecule has 39 heavy (non-hydrogen) atoms. The summed E-state index contributed by atoms with van der Waals surface area (Å²) in [5.41, 5.74) is 5.62. The van der Waals surface area contributed by atoms with Gasteiger partial charge in [0.05, 0.1) is 6.20 Å². The lowest BCUT2D eigenvalue weighted by Gasteiger charge is -2.48. The quantitative estimate of drug-likeness (QED) is 0.500. The molecule has 3 aromatic rings. The highest BCUT2D eigenvalue weighted by atomic mass is 32.2. The third-order valence-electron chi connectivity index (χ3n) is 7.67. The van der Waals surface area contributed by atoms with Gasteiger partial charge in [0, 0.05) is 37.9 Å². The Bertz CT molecular complexity index is 1550. The number of anilines is 1. The molecule has 5 rings (SSSR count). The number of rotatable bonds is 5. The van der Waals surface area contributed by atoms with Gasteiger partial charge < -0.3 is 11.1 Å². The molecule has 204 valence electrons. The minimum absolute atomic E-state index is 0.0199. The van der Waals surface area contributed by atoms with Gasteiger partial charge in [0.1, 0.15) is 27.6 Å². The summed E-state index contributed by atoms with van der Waals surface area (Å²) in [5, 5.41) is 2.62. The second-order valence-electron chi connectivity index (χ2n) is 9.97. The van der Waals surface area contributed by atoms with Crippen molar-refractivity contribution >= 4 is 27.6 Å². The Hall–Kier alpha value is -3.90. The summed E-state index contributed by atoms with van der Waals surface area (Å²) < 4.78 is 56.3. The molecule has 2 atom stereocenters. The van der Waals surface area contributed by atoms with E-state index in [0.29, 0.717) is 13.1 Å². The zero-order valence-corrected chi connectivity index (χ0v) is 22.3. The van der Waals surface area contributed by atoms with Crippen LogP contribution in [-0.4, -0.2) is 59.4 Å². The number of halogens is 2. The van der Waals surface area contributed by atoms with Gasteiger partial charge in [-0.3, -0.25) is 9.69 Å². The second-order valence-corrected chi connectivity index (χ2v) is 12.2. The monoisotopic (exact) mass is 554 g/mol. The molecule has 1 fully saturated rings. The molecule has 0 saturated carbocycles. The van der Waals surface area contributed by atoms with Gasteiger partial charge in [-0.1, -0.05) is 30.3 Å². The van der Waals surface area contributed by atoms with Crippen molar-refractivity contribution in [2.45, 2.75) is 30.2 Å². The molecule has 1 saturated heterocycles. The largest absolute Gasteiger partial charge is 0.369 e. The number of nitrogens with one attached hydrogen (secondary N) is 1. The minimum Gasteiger partial charge on any atom is -0.369 e. The van der Waals surface area contributed by atoms with E-state index in [1.54, 1.807) is 6.92 Å². The fraction of sp³-hybridized carbons (Fsp3) is 0.296. The van der Waals surface area contributed by atoms with Gasteiger partial charge in [-0.15, -0.1) is 0 Å². The molecule has 1 unspecified atom stereocenters. The molecule has 9 nitrogen and oxygen atoms in total. The summed E-state index contributed by atoms with van der Waals surface area (Å²) in [6.45, 7) is 2.63. The average Bonchev–Trinajstić information content (AvgIpc) is 3.35. The molecule has 1 aromatic heterocycles. The van der Waals surface area contributed by atoms with Crippen LogP contribution in [0.1, 0.15) is 35.0 Å². The fourth-order valence-electron chi connectivity index (χ4n) is 5.47. The normalized spacial score (nSPS) is 24.5. The maximum atomic E-state index is 15.6. The first-order valence-electron chi connectivity index (χ1n) is 12.3. The first-order chi connectivity index (χ1) is 18.5. The Morgan fingerprint density at radius 1 is 1.13 bits per heavy atom. The maximum Gasteiger partial charge on any atom is 0.274 e. The predicted octanol–water partition coefficient (Wildman–Crippen LogP) is 3.06. The standard InChI is InChI=1S/C27H28F2N6O3S/c1-26(21-14-20(9-10-22(21)29)32-24(36)23-11-8-19(28)15-31-23)27(39(37,38)34(2)25(30)33-26)12-13-35(17-27)16-18-6-4-3-5-7-18/h3-11,14-15H,12-13,16-17H2,1-2H3,(H2,30,33)(H,32,36)/t26-,27?/m1/s1. The van der Waals surface area contributed by atoms with Crippen LogP contribution in [0.2, 0.25) is 0 Å². The third-order valence-corrected chi connectivity index (χ3v) is 10.3. The van der Waals surface area contributed by atoms with E-state index in [1.165, 1.54) is 25.2 Å². The minimum atomic E-state index is -4.10. The molecular weight excluding hydrogens is 526 g/mol. The van der Waals surface area contributed by atoms with Crippen LogP contribution in [0.5, 0.6) is 0 Å². The van der Waals surface area contributed by atoms with Crippen molar-refractivity contribution in [3.8, 4) is 0 Å². The van der Waals surface area contributed by atoms with E-state index < -0.39 is 37.9 Å². The summed E-state index contributed by atoms with van der Waals surface area (Å²) in [4.78, 5) is 23.1. The number of nitrogens with zero attached hydrogens (tertiary/aromatic N) is 4. The molecule has 0 aliphatic carbocycles. The Labute approximate surface area is 225 Å². The van der Waals surface area contributed by atoms with Crippen molar-refractivity contribution in [2.75, 3.05) is 25.5 Å². The number of benzene rings is 2. The van der Waals surface area contributed by atoms with E-state index in [2.05, 4.69) is 15.3 Å². The molecule has 2 aromatic carbocycles. The van der Waals surface area contributed by atoms with E-state index in [9.17, 15) is 17.6 Å². The highest BCUT2D eigenvalue weighted by Crippen LogP contribution is 2.52. The molecule has 3 heterocycles. The number of pyridine rings is 1. The number of likely N-dealkylation sites (tertiary alicyclic amines) is 1. The lowest BCUT2D eigenvalue weighted by molar-refractivity contribution is 0.102. The SMILES string of the molecule is CN1C(N)=N[C@](C)(c2cc(NC(=O)c3ccc(F)cn3)ccc2F)C2(CCN(Cc3ccccc3)C2)S1(=O)=O. The number of carbonyl (C=O) groups is 1. The Balaban J connectivity index is 1.55. The molecular formula is C27H28F2N6O3S. The van der Waals surface area contributed by atoms with Gasteiger partial charge in [0.15, 0.2) is 0 Å². The molecule has 3 N–H and O–H groups in total. The Morgan fingerprint density at radius 2 is 1.87 bits per heavy atom. The van der Waals surface area contributed by atoms with Gasteiger partial charge >= 0.3 is 0 Å². The number of amides is 1. The second kappa shape index (κ2) is 9.69. The molecule has 0 radical (unpaired) electrons. The summed E-state index contributed by atoms with van der Waals surface area (Å²) in [7, 11) is -2.75. The van der Waals surface area contributed by atoms with Crippen molar-refractivity contribution in [3.05, 3.63) is 95.3 Å². The number of hydrogen-bond acceptors (Lipinski definition) is 7. The maximum absolute atomic E-state index is 15.6. The fourth-order valence-corrected chi connectivity index (χ4v) is 7.63. The first-order valence-corrected chi connectivity index (χ1v) is 13.7. The van der Waals surface area contributed by atoms with Gasteiger partial charge in [0.2, 0.25) is 16.0 Å². The van der Waals surface area contributed by atoms with Crippen LogP contribution in [0.4, 0.5) is 14.5 Å². The van der Waals surface area contributed by atoms with Gasteiger partial charge in [-0.05, 0) is 49.2 Å². The van der Waals surface area contributed by atoms with E-state index in [4.69, 9.17) is 5.73 Å². The Kier molecular flexibility index (Phi) is 6.63. The van der Waals surface area contributed by atoms with Crippen LogP contribution in [0, 0.1) is 11.6 Å². The highest BCUT2D eigenvalue weighted by Gasteiger charge is 2.66. The predicted molar refractivity (Wildman–Crippen MR) is 143 cm³/mol. The first kappa shape index (κ1) is 26.7. The van der Waals surface area contributed by atoms with Crippen LogP contribution < -0.4 is 11.1 Å². The van der Waals surface area contributed by atoms with Crippen LogP contribution in [0.25, 0.3) is 0 Å². The van der Waals surface area contributed by atoms with Crippen molar-refractivity contribution in [1.29, 1.82) is 0 Å². The lowest BCUT2D eigenvalue weighted by Crippen LogP contribution is -2.66. The molecule has 1 spiro atoms. The smallest absolute Gasteiger partial charge is 0.274 e. The number of aromatic nitrogens is 1. The molecule has 2 aliphatic rings. The molecule has 1 amide bonds. The molecule has 0 bridgehead atoms. The van der Waals surface area contributed by atoms with Crippen LogP contribution in [0.3, 0.4) is 0 Å². The van der Waals surface area contributed by atoms with E-state index >= 15 is 4.39 Å². The summed E-state index contributed by atoms with van der Waals surface area (Å²) in [6.07, 6.45) is 1.10. The molecule has 2 aliphatic heterocycles. The van der Waals surface area contributed by atoms with E-state index in [-0.39, 0.29) is 35.9 Å². The Morgan fingerprint density at radius 3 is 2.56 bits per heavy atom. The number of hydrogen-bond donors (Lipinski definition) is 2. The van der Waals surface area contributed by atoms with Crippen molar-refractivity contribution in [2.24, 2.45) is 10.7 Å². The summed E-state index contributed by atoms with van der Waals surface area (Å²) >= 11 is 0. The number of nitrogens with two attached hydrogens (primary N) is 1. The van der Waals surface area contributed by atoms with E-state index in [0.717, 1.165) is 28.2 Å². The number of guanidine groups is 1. The zero-order valence-electron chi connectivity index (χ0n) is 21.4. The van der Waals surface area contributed by atoms with Crippen molar-refractivity contribution in [1.82, 2.24) is 14.2 Å². The van der Waals surface area contributed by atoms with Gasteiger partial charge in [-0.25, -0.2) is 31.5 Å². The highest BCUT2D eigenvalue weighted by molar-refractivity contribution is 7.91. The summed E-state index contributed by atoms with van der Waals surface area (Å²) in [5.74, 6) is -2.17. The van der Waals surface area contributed by atoms with Crippen LogP contribution in [0.15, 0.2) is 71.9 Å². The average molecular weight is 555 g/mol. The third kappa shape index (κ3) is 4.43. The van der Waals surface area contributed by atoms with Crippen molar-refractivity contribution < 1.29 is 22.0 Å². The summed E-state index contributed by atoms with van der Waals surface area (Å²) in [6, 6.07) is 15.9. The lowest BCUT2D eigenvalue weighted by atomic mass is 9.78. The number of sulfonamides is 1. The van der Waals surface area contributed by atoms with Crippen molar-refractivity contribution in [3.63, 3.8) is 0 Å². The van der Waals surface area contributed by atoms with Gasteiger partial charge in [0.25, 0.3) is 5.91 Å². The van der Waals surface area contributed by atoms with Crippen LogP contribution >= 0.6 is 0 Å². The number of carbonyl (C=O) groups excluding carboxylic acids is 1. The number of aliphatic imine (C=N–C) groups is 1. The van der Waals surface area contributed by atoms with Gasteiger partial charge in [-0.2, -0.15) is 0 Å². The molecule has 12 heteroatoms. The zero-order chi connectivity index (χ0) is 28.0. The van der Waals surface area contributed by atoms with Crippen LogP contribution in [-0.2, 0) is 22.1 Å². The van der Waals surface area contributed by atoms with E-state index in [1.807, 2.05) is 35.2 Å².